The fourth-order valence-corrected chi connectivity index (χ4v) is 4.47. The lowest BCUT2D eigenvalue weighted by Gasteiger charge is -2.17. The normalized spacial score (nSPS) is 12.3. The van der Waals surface area contributed by atoms with Crippen LogP contribution in [0.15, 0.2) is 60.7 Å². The third kappa shape index (κ3) is 7.25. The third-order valence-corrected chi connectivity index (χ3v) is 6.35. The number of hydrogen-bond acceptors (Lipinski definition) is 5. The molecule has 0 fully saturated rings. The molecule has 15 heteroatoms. The number of benzene rings is 3. The molecule has 0 aliphatic rings. The van der Waals surface area contributed by atoms with Gasteiger partial charge < -0.3 is 19.8 Å². The average Bonchev–Trinajstić information content (AvgIpc) is 3.21. The van der Waals surface area contributed by atoms with Crippen molar-refractivity contribution in [2.45, 2.75) is 38.1 Å². The van der Waals surface area contributed by atoms with Gasteiger partial charge in [-0.2, -0.15) is 44.8 Å². The van der Waals surface area contributed by atoms with Gasteiger partial charge in [0.15, 0.2) is 0 Å². The Balaban J connectivity index is 1.86. The number of nitrogens with two attached hydrogens (primary N) is 1. The van der Waals surface area contributed by atoms with Crippen LogP contribution in [-0.4, -0.2) is 23.3 Å². The molecule has 0 radical (unpaired) electrons. The first kappa shape index (κ1) is 32.2. The summed E-state index contributed by atoms with van der Waals surface area (Å²) in [6.45, 7) is -1.05. The lowest BCUT2D eigenvalue weighted by molar-refractivity contribution is -0.190. The van der Waals surface area contributed by atoms with Gasteiger partial charge in [-0.25, -0.2) is 4.79 Å². The van der Waals surface area contributed by atoms with Gasteiger partial charge in [0, 0.05) is 10.9 Å². The Morgan fingerprint density at radius 1 is 0.864 bits per heavy atom. The number of hydrogen-bond donors (Lipinski definition) is 1. The second-order valence-electron chi connectivity index (χ2n) is 9.49. The van der Waals surface area contributed by atoms with Crippen LogP contribution in [0.5, 0.6) is 11.6 Å². The number of aromatic nitrogens is 1. The molecular weight excluding hydrogens is 609 g/mol. The molecule has 4 rings (SSSR count). The highest BCUT2D eigenvalue weighted by Crippen LogP contribution is 2.40. The van der Waals surface area contributed by atoms with Crippen LogP contribution in [0.4, 0.5) is 39.5 Å². The number of esters is 1. The summed E-state index contributed by atoms with van der Waals surface area (Å²) in [5.74, 6) is -3.24. The van der Waals surface area contributed by atoms with Gasteiger partial charge in [0.25, 0.3) is 0 Å². The Hall–Kier alpha value is -4.71. The fourth-order valence-electron chi connectivity index (χ4n) is 4.47. The fraction of sp³-hybridized carbons (Fsp3) is 0.241. The molecule has 232 valence electrons. The Kier molecular flexibility index (Phi) is 8.87. The van der Waals surface area contributed by atoms with Gasteiger partial charge in [-0.1, -0.05) is 12.1 Å². The summed E-state index contributed by atoms with van der Waals surface area (Å²) < 4.78 is 132. The number of rotatable bonds is 8. The molecule has 0 saturated heterocycles. The van der Waals surface area contributed by atoms with E-state index in [0.29, 0.717) is 23.3 Å². The zero-order valence-corrected chi connectivity index (χ0v) is 22.2. The first-order valence-corrected chi connectivity index (χ1v) is 12.6. The van der Waals surface area contributed by atoms with E-state index in [1.165, 1.54) is 18.2 Å². The Labute approximate surface area is 243 Å². The van der Waals surface area contributed by atoms with Gasteiger partial charge in [0.05, 0.1) is 34.8 Å². The predicted octanol–water partition coefficient (Wildman–Crippen LogP) is 7.15. The van der Waals surface area contributed by atoms with Crippen molar-refractivity contribution in [3.63, 3.8) is 0 Å². The van der Waals surface area contributed by atoms with Crippen molar-refractivity contribution < 1.29 is 53.8 Å². The summed E-state index contributed by atoms with van der Waals surface area (Å²) in [6, 6.07) is 13.2. The van der Waals surface area contributed by atoms with E-state index in [9.17, 15) is 44.3 Å². The molecule has 0 spiro atoms. The molecule has 3 aromatic carbocycles. The van der Waals surface area contributed by atoms with E-state index in [0.717, 1.165) is 4.57 Å². The molecule has 6 nitrogen and oxygen atoms in total. The van der Waals surface area contributed by atoms with Crippen LogP contribution < -0.4 is 15.2 Å². The summed E-state index contributed by atoms with van der Waals surface area (Å²) in [5, 5.41) is 9.21. The van der Waals surface area contributed by atoms with Crippen molar-refractivity contribution in [1.29, 1.82) is 5.26 Å². The summed E-state index contributed by atoms with van der Waals surface area (Å²) in [4.78, 5) is 11.9. The van der Waals surface area contributed by atoms with Crippen molar-refractivity contribution >= 4 is 16.9 Å². The van der Waals surface area contributed by atoms with Crippen LogP contribution in [0.25, 0.3) is 10.9 Å². The van der Waals surface area contributed by atoms with E-state index in [2.05, 4.69) is 4.74 Å². The molecule has 0 amide bonds. The first-order valence-electron chi connectivity index (χ1n) is 12.6. The van der Waals surface area contributed by atoms with Crippen molar-refractivity contribution in [3.8, 4) is 17.7 Å². The summed E-state index contributed by atoms with van der Waals surface area (Å²) in [7, 11) is 0. The molecule has 44 heavy (non-hydrogen) atoms. The zero-order valence-electron chi connectivity index (χ0n) is 22.2. The van der Waals surface area contributed by atoms with Gasteiger partial charge >= 0.3 is 24.5 Å². The monoisotopic (exact) mass is 629 g/mol. The Morgan fingerprint density at radius 2 is 1.52 bits per heavy atom. The average molecular weight is 629 g/mol. The number of fused-ring (bicyclic) bond motifs is 1. The van der Waals surface area contributed by atoms with E-state index in [1.807, 2.05) is 6.07 Å². The van der Waals surface area contributed by atoms with Crippen molar-refractivity contribution in [3.05, 3.63) is 94.0 Å². The quantitative estimate of drug-likeness (QED) is 0.165. The summed E-state index contributed by atoms with van der Waals surface area (Å²) in [6.07, 6.45) is -16.0. The SMILES string of the molecule is N#Cc1cccc(COc2ccc3c(c2)c(CCN)c(OC(=O)C(F)(F)F)n3Cc2cc(C(F)(F)F)cc(C(F)(F)F)c2)c1. The number of carbonyl (C=O) groups excluding carboxylic acids is 1. The third-order valence-electron chi connectivity index (χ3n) is 6.35. The maximum Gasteiger partial charge on any atom is 0.491 e. The number of ether oxygens (including phenoxy) is 2. The predicted molar refractivity (Wildman–Crippen MR) is 137 cm³/mol. The van der Waals surface area contributed by atoms with Gasteiger partial charge in [0.2, 0.25) is 5.88 Å². The van der Waals surface area contributed by atoms with Gasteiger partial charge in [-0.05, 0) is 72.6 Å². The number of nitriles is 1. The molecule has 0 unspecified atom stereocenters. The Bertz CT molecular complexity index is 1700. The number of nitrogens with zero attached hydrogens (tertiary/aromatic N) is 2. The molecule has 0 bridgehead atoms. The number of alkyl halides is 9. The lowest BCUT2D eigenvalue weighted by atomic mass is 10.0. The highest BCUT2D eigenvalue weighted by molar-refractivity contribution is 5.90. The van der Waals surface area contributed by atoms with Crippen LogP contribution in [0.2, 0.25) is 0 Å². The standard InChI is InChI=1S/C29H20F9N3O3/c30-27(31,32)19-9-18(10-20(11-19)28(33,34)35)14-41-24-5-4-21(43-15-17-3-1-2-16(8-17)13-40)12-23(24)22(6-7-39)25(41)44-26(42)29(36,37)38/h1-5,8-12H,6-7,14-15,39H2. The van der Waals surface area contributed by atoms with Crippen LogP contribution in [0.3, 0.4) is 0 Å². The van der Waals surface area contributed by atoms with E-state index in [-0.39, 0.29) is 47.9 Å². The minimum absolute atomic E-state index is 0.0169. The zero-order chi connectivity index (χ0) is 32.4. The van der Waals surface area contributed by atoms with Crippen molar-refractivity contribution in [2.75, 3.05) is 6.54 Å². The maximum absolute atomic E-state index is 13.5. The van der Waals surface area contributed by atoms with E-state index in [1.54, 1.807) is 24.3 Å². The van der Waals surface area contributed by atoms with Gasteiger partial charge in [-0.3, -0.25) is 0 Å². The molecule has 0 saturated carbocycles. The maximum atomic E-state index is 13.5. The molecule has 0 aliphatic heterocycles. The second kappa shape index (κ2) is 12.1. The Morgan fingerprint density at radius 3 is 2.09 bits per heavy atom. The molecule has 1 aromatic heterocycles. The highest BCUT2D eigenvalue weighted by atomic mass is 19.4. The second-order valence-corrected chi connectivity index (χ2v) is 9.49. The number of halogens is 9. The van der Waals surface area contributed by atoms with Gasteiger partial charge in [0.1, 0.15) is 12.4 Å². The summed E-state index contributed by atoms with van der Waals surface area (Å²) >= 11 is 0. The van der Waals surface area contributed by atoms with Crippen LogP contribution in [0.1, 0.15) is 33.4 Å². The first-order chi connectivity index (χ1) is 20.5. The van der Waals surface area contributed by atoms with Crippen LogP contribution in [0, 0.1) is 11.3 Å². The van der Waals surface area contributed by atoms with Crippen molar-refractivity contribution in [1.82, 2.24) is 4.57 Å². The summed E-state index contributed by atoms with van der Waals surface area (Å²) in [5.41, 5.74) is 2.74. The lowest BCUT2D eigenvalue weighted by Crippen LogP contribution is -2.29. The highest BCUT2D eigenvalue weighted by Gasteiger charge is 2.43. The molecule has 0 atom stereocenters. The van der Waals surface area contributed by atoms with Gasteiger partial charge in [-0.15, -0.1) is 0 Å². The molecular formula is C29H20F9N3O3. The number of carbonyl (C=O) groups is 1. The molecule has 4 aromatic rings. The van der Waals surface area contributed by atoms with Crippen LogP contribution in [-0.2, 0) is 36.7 Å². The smallest absolute Gasteiger partial charge is 0.489 e. The van der Waals surface area contributed by atoms with E-state index >= 15 is 0 Å². The minimum Gasteiger partial charge on any atom is -0.489 e. The molecule has 1 heterocycles. The molecule has 2 N–H and O–H groups in total. The van der Waals surface area contributed by atoms with E-state index < -0.39 is 53.6 Å². The van der Waals surface area contributed by atoms with Crippen LogP contribution >= 0.6 is 0 Å². The molecule has 0 aliphatic carbocycles. The van der Waals surface area contributed by atoms with Crippen molar-refractivity contribution in [2.24, 2.45) is 5.73 Å². The van der Waals surface area contributed by atoms with E-state index in [4.69, 9.17) is 15.7 Å². The topological polar surface area (TPSA) is 90.3 Å². The minimum atomic E-state index is -5.48. The largest absolute Gasteiger partial charge is 0.491 e.